The molecule has 1 heterocycles. The summed E-state index contributed by atoms with van der Waals surface area (Å²) in [5, 5.41) is 2.63. The highest BCUT2D eigenvalue weighted by atomic mass is 32.2. The SMILES string of the molecule is COC(=O)c1cccc(NC(=O)N2CCN(S(=O)(=O)c3c(F)cccc3F)CC2)c1. The van der Waals surface area contributed by atoms with Gasteiger partial charge >= 0.3 is 12.0 Å². The van der Waals surface area contributed by atoms with E-state index in [4.69, 9.17) is 0 Å². The van der Waals surface area contributed by atoms with Gasteiger partial charge in [-0.05, 0) is 30.3 Å². The molecule has 1 fully saturated rings. The van der Waals surface area contributed by atoms with Crippen LogP contribution in [0.5, 0.6) is 0 Å². The molecule has 0 unspecified atom stereocenters. The van der Waals surface area contributed by atoms with Crippen LogP contribution in [0.25, 0.3) is 0 Å². The first-order valence-electron chi connectivity index (χ1n) is 8.92. The molecule has 1 aliphatic rings. The van der Waals surface area contributed by atoms with E-state index in [9.17, 15) is 26.8 Å². The Morgan fingerprint density at radius 3 is 2.20 bits per heavy atom. The van der Waals surface area contributed by atoms with E-state index in [0.717, 1.165) is 22.5 Å². The Kier molecular flexibility index (Phi) is 6.32. The van der Waals surface area contributed by atoms with Gasteiger partial charge in [0.15, 0.2) is 4.90 Å². The number of hydrogen-bond donors (Lipinski definition) is 1. The van der Waals surface area contributed by atoms with Crippen molar-refractivity contribution in [2.24, 2.45) is 0 Å². The van der Waals surface area contributed by atoms with Crippen LogP contribution in [0.2, 0.25) is 0 Å². The van der Waals surface area contributed by atoms with Crippen molar-refractivity contribution < 1.29 is 31.5 Å². The lowest BCUT2D eigenvalue weighted by atomic mass is 10.2. The fourth-order valence-electron chi connectivity index (χ4n) is 3.03. The van der Waals surface area contributed by atoms with Crippen LogP contribution in [0.1, 0.15) is 10.4 Å². The predicted molar refractivity (Wildman–Crippen MR) is 103 cm³/mol. The van der Waals surface area contributed by atoms with Crippen molar-refractivity contribution in [3.05, 3.63) is 59.7 Å². The topological polar surface area (TPSA) is 96.0 Å². The van der Waals surface area contributed by atoms with Crippen molar-refractivity contribution >= 4 is 27.7 Å². The van der Waals surface area contributed by atoms with Gasteiger partial charge in [-0.2, -0.15) is 4.31 Å². The zero-order chi connectivity index (χ0) is 21.9. The maximum atomic E-state index is 13.9. The average molecular weight is 439 g/mol. The Bertz CT molecular complexity index is 1050. The highest BCUT2D eigenvalue weighted by Gasteiger charge is 2.34. The lowest BCUT2D eigenvalue weighted by Crippen LogP contribution is -2.51. The average Bonchev–Trinajstić information content (AvgIpc) is 2.73. The van der Waals surface area contributed by atoms with E-state index >= 15 is 0 Å². The first kappa shape index (κ1) is 21.7. The second-order valence-corrected chi connectivity index (χ2v) is 8.32. The Balaban J connectivity index is 1.65. The summed E-state index contributed by atoms with van der Waals surface area (Å²) in [4.78, 5) is 24.4. The predicted octanol–water partition coefficient (Wildman–Crippen LogP) is 2.29. The molecule has 0 saturated carbocycles. The summed E-state index contributed by atoms with van der Waals surface area (Å²) in [6.45, 7) is -0.187. The number of rotatable bonds is 4. The van der Waals surface area contributed by atoms with E-state index in [2.05, 4.69) is 10.1 Å². The second kappa shape index (κ2) is 8.76. The molecule has 8 nitrogen and oxygen atoms in total. The van der Waals surface area contributed by atoms with Gasteiger partial charge in [0.05, 0.1) is 12.7 Å². The zero-order valence-corrected chi connectivity index (χ0v) is 16.8. The largest absolute Gasteiger partial charge is 0.465 e. The molecule has 0 aliphatic carbocycles. The van der Waals surface area contributed by atoms with Gasteiger partial charge in [0.2, 0.25) is 10.0 Å². The number of amides is 2. The van der Waals surface area contributed by atoms with Crippen LogP contribution in [-0.2, 0) is 14.8 Å². The lowest BCUT2D eigenvalue weighted by Gasteiger charge is -2.34. The first-order valence-corrected chi connectivity index (χ1v) is 10.4. The number of ether oxygens (including phenoxy) is 1. The molecule has 2 aromatic carbocycles. The minimum atomic E-state index is -4.38. The van der Waals surface area contributed by atoms with Gasteiger partial charge in [-0.25, -0.2) is 26.8 Å². The summed E-state index contributed by atoms with van der Waals surface area (Å²) in [6, 6.07) is 8.50. The number of urea groups is 1. The number of piperazine rings is 1. The summed E-state index contributed by atoms with van der Waals surface area (Å²) >= 11 is 0. The molecular weight excluding hydrogens is 420 g/mol. The van der Waals surface area contributed by atoms with E-state index in [1.807, 2.05) is 0 Å². The number of carbonyl (C=O) groups is 2. The standard InChI is InChI=1S/C19H19F2N3O5S/c1-29-18(25)13-4-2-5-14(12-13)22-19(26)23-8-10-24(11-9-23)30(27,28)17-15(20)6-3-7-16(17)21/h2-7,12H,8-11H2,1H3,(H,22,26). The smallest absolute Gasteiger partial charge is 0.337 e. The maximum Gasteiger partial charge on any atom is 0.337 e. The van der Waals surface area contributed by atoms with Crippen LogP contribution < -0.4 is 5.32 Å². The molecule has 1 saturated heterocycles. The zero-order valence-electron chi connectivity index (χ0n) is 16.0. The van der Waals surface area contributed by atoms with Gasteiger partial charge in [-0.1, -0.05) is 12.1 Å². The molecule has 0 atom stereocenters. The molecule has 0 bridgehead atoms. The van der Waals surface area contributed by atoms with Gasteiger partial charge in [-0.3, -0.25) is 0 Å². The Hall–Kier alpha value is -3.05. The normalized spacial score (nSPS) is 15.0. The van der Waals surface area contributed by atoms with E-state index in [0.29, 0.717) is 5.69 Å². The van der Waals surface area contributed by atoms with Crippen LogP contribution in [0.4, 0.5) is 19.3 Å². The van der Waals surface area contributed by atoms with E-state index in [-0.39, 0.29) is 31.7 Å². The maximum absolute atomic E-state index is 13.9. The summed E-state index contributed by atoms with van der Waals surface area (Å²) in [6.07, 6.45) is 0. The number of hydrogen-bond acceptors (Lipinski definition) is 5. The van der Waals surface area contributed by atoms with Crippen molar-refractivity contribution in [1.29, 1.82) is 0 Å². The van der Waals surface area contributed by atoms with Crippen LogP contribution >= 0.6 is 0 Å². The molecule has 0 radical (unpaired) electrons. The van der Waals surface area contributed by atoms with Crippen molar-refractivity contribution in [3.63, 3.8) is 0 Å². The van der Waals surface area contributed by atoms with Gasteiger partial charge in [-0.15, -0.1) is 0 Å². The van der Waals surface area contributed by atoms with E-state index < -0.39 is 38.6 Å². The van der Waals surface area contributed by atoms with Crippen molar-refractivity contribution in [1.82, 2.24) is 9.21 Å². The van der Waals surface area contributed by atoms with Crippen molar-refractivity contribution in [2.75, 3.05) is 38.6 Å². The monoisotopic (exact) mass is 439 g/mol. The van der Waals surface area contributed by atoms with Crippen molar-refractivity contribution in [3.8, 4) is 0 Å². The fourth-order valence-corrected chi connectivity index (χ4v) is 4.57. The minimum Gasteiger partial charge on any atom is -0.465 e. The number of esters is 1. The molecule has 0 aromatic heterocycles. The fraction of sp³-hybridized carbons (Fsp3) is 0.263. The minimum absolute atomic E-state index is 0.0256. The quantitative estimate of drug-likeness (QED) is 0.738. The second-order valence-electron chi connectivity index (χ2n) is 6.44. The van der Waals surface area contributed by atoms with Gasteiger partial charge in [0.1, 0.15) is 11.6 Å². The number of nitrogens with one attached hydrogen (secondary N) is 1. The highest BCUT2D eigenvalue weighted by molar-refractivity contribution is 7.89. The number of carbonyl (C=O) groups excluding carboxylic acids is 2. The summed E-state index contributed by atoms with van der Waals surface area (Å²) < 4.78 is 58.6. The van der Waals surface area contributed by atoms with E-state index in [1.165, 1.54) is 24.1 Å². The number of halogens is 2. The number of nitrogens with zero attached hydrogens (tertiary/aromatic N) is 2. The molecular formula is C19H19F2N3O5S. The molecule has 1 aliphatic heterocycles. The Labute approximate surface area is 172 Å². The molecule has 30 heavy (non-hydrogen) atoms. The molecule has 160 valence electrons. The van der Waals surface area contributed by atoms with Crippen LogP contribution in [0.15, 0.2) is 47.4 Å². The Morgan fingerprint density at radius 1 is 1.00 bits per heavy atom. The van der Waals surface area contributed by atoms with Gasteiger partial charge in [0, 0.05) is 31.9 Å². The third kappa shape index (κ3) is 4.41. The summed E-state index contributed by atoms with van der Waals surface area (Å²) in [7, 11) is -3.13. The van der Waals surface area contributed by atoms with Crippen LogP contribution in [-0.4, -0.2) is 62.9 Å². The number of sulfonamides is 1. The Morgan fingerprint density at radius 2 is 1.60 bits per heavy atom. The third-order valence-electron chi connectivity index (χ3n) is 4.58. The first-order chi connectivity index (χ1) is 14.2. The molecule has 2 amide bonds. The molecule has 1 N–H and O–H groups in total. The van der Waals surface area contributed by atoms with Crippen molar-refractivity contribution in [2.45, 2.75) is 4.90 Å². The third-order valence-corrected chi connectivity index (χ3v) is 6.53. The molecule has 0 spiro atoms. The summed E-state index contributed by atoms with van der Waals surface area (Å²) in [5.74, 6) is -2.88. The number of anilines is 1. The summed E-state index contributed by atoms with van der Waals surface area (Å²) in [5.41, 5.74) is 0.629. The number of methoxy groups -OCH3 is 1. The molecule has 11 heteroatoms. The molecule has 3 rings (SSSR count). The van der Waals surface area contributed by atoms with E-state index in [1.54, 1.807) is 12.1 Å². The molecule has 2 aromatic rings. The van der Waals surface area contributed by atoms with Gasteiger partial charge in [0.25, 0.3) is 0 Å². The van der Waals surface area contributed by atoms with Crippen LogP contribution in [0.3, 0.4) is 0 Å². The highest BCUT2D eigenvalue weighted by Crippen LogP contribution is 2.23. The lowest BCUT2D eigenvalue weighted by molar-refractivity contribution is 0.0600. The van der Waals surface area contributed by atoms with Gasteiger partial charge < -0.3 is 15.0 Å². The number of benzene rings is 2. The van der Waals surface area contributed by atoms with Crippen LogP contribution in [0, 0.1) is 11.6 Å².